The summed E-state index contributed by atoms with van der Waals surface area (Å²) in [6, 6.07) is 1.43. The van der Waals surface area contributed by atoms with Crippen LogP contribution < -0.4 is 0 Å². The first-order valence-corrected chi connectivity index (χ1v) is 3.15. The third-order valence-electron chi connectivity index (χ3n) is 1.42. The molecule has 1 aromatic rings. The molecule has 1 radical (unpaired) electrons. The Bertz CT molecular complexity index is 233. The van der Waals surface area contributed by atoms with Gasteiger partial charge in [0.15, 0.2) is 0 Å². The largest absolute Gasteiger partial charge is 0.228 e. The molecule has 0 aliphatic rings. The third kappa shape index (κ3) is 1.32. The van der Waals surface area contributed by atoms with E-state index in [1.165, 1.54) is 12.3 Å². The maximum atomic E-state index is 12.4. The molecule has 0 amide bonds. The molecule has 0 aromatic carbocycles. The monoisotopic (exact) mass is 138 g/mol. The number of aryl methyl sites for hydroxylation is 1. The van der Waals surface area contributed by atoms with Gasteiger partial charge in [-0.1, -0.05) is 6.92 Å². The first-order chi connectivity index (χ1) is 4.74. The maximum absolute atomic E-state index is 12.4. The number of hydrogen-bond donors (Lipinski definition) is 0. The molecule has 0 saturated carbocycles. The maximum Gasteiger partial charge on any atom is 0.213 e. The van der Waals surface area contributed by atoms with Gasteiger partial charge in [-0.25, -0.2) is 4.98 Å². The molecule has 1 nitrogen and oxygen atoms in total. The number of hydrogen-bond acceptors (Lipinski definition) is 1. The normalized spacial score (nSPS) is 9.90. The van der Waals surface area contributed by atoms with E-state index >= 15 is 0 Å². The Hall–Kier alpha value is -0.920. The fourth-order valence-corrected chi connectivity index (χ4v) is 0.823. The summed E-state index contributed by atoms with van der Waals surface area (Å²) in [6.45, 7) is 3.78. The third-order valence-corrected chi connectivity index (χ3v) is 1.42. The lowest BCUT2D eigenvalue weighted by Gasteiger charge is -1.99. The SMILES string of the molecule is C[CH]c1cc(F)ncc1C. The minimum Gasteiger partial charge on any atom is -0.228 e. The number of nitrogens with zero attached hydrogens (tertiary/aromatic N) is 1. The molecule has 1 rings (SSSR count). The molecule has 0 bridgehead atoms. The minimum atomic E-state index is -0.418. The van der Waals surface area contributed by atoms with Gasteiger partial charge in [0, 0.05) is 6.20 Å². The lowest BCUT2D eigenvalue weighted by molar-refractivity contribution is 0.582. The average molecular weight is 138 g/mol. The van der Waals surface area contributed by atoms with E-state index in [-0.39, 0.29) is 0 Å². The van der Waals surface area contributed by atoms with Crippen LogP contribution in [0.4, 0.5) is 4.39 Å². The van der Waals surface area contributed by atoms with Crippen LogP contribution in [0, 0.1) is 19.3 Å². The van der Waals surface area contributed by atoms with Crippen LogP contribution in [0.5, 0.6) is 0 Å². The molecule has 0 spiro atoms. The molecule has 0 aliphatic carbocycles. The highest BCUT2D eigenvalue weighted by Gasteiger charge is 1.97. The topological polar surface area (TPSA) is 12.9 Å². The molecular weight excluding hydrogens is 129 g/mol. The minimum absolute atomic E-state index is 0.418. The van der Waals surface area contributed by atoms with E-state index in [9.17, 15) is 4.39 Å². The summed E-state index contributed by atoms with van der Waals surface area (Å²) in [5, 5.41) is 0. The lowest BCUT2D eigenvalue weighted by Crippen LogP contribution is -1.89. The highest BCUT2D eigenvalue weighted by Crippen LogP contribution is 2.08. The van der Waals surface area contributed by atoms with Gasteiger partial charge in [-0.15, -0.1) is 0 Å². The van der Waals surface area contributed by atoms with E-state index in [0.29, 0.717) is 0 Å². The summed E-state index contributed by atoms with van der Waals surface area (Å²) in [5.41, 5.74) is 1.91. The van der Waals surface area contributed by atoms with Crippen LogP contribution in [-0.4, -0.2) is 4.98 Å². The van der Waals surface area contributed by atoms with Gasteiger partial charge in [-0.05, 0) is 30.5 Å². The van der Waals surface area contributed by atoms with Crippen molar-refractivity contribution in [1.29, 1.82) is 0 Å². The fourth-order valence-electron chi connectivity index (χ4n) is 0.823. The molecule has 0 unspecified atom stereocenters. The molecule has 53 valence electrons. The average Bonchev–Trinajstić information content (AvgIpc) is 1.94. The Labute approximate surface area is 59.9 Å². The van der Waals surface area contributed by atoms with Gasteiger partial charge >= 0.3 is 0 Å². The Balaban J connectivity index is 3.09. The van der Waals surface area contributed by atoms with E-state index in [1.807, 2.05) is 20.3 Å². The second kappa shape index (κ2) is 2.78. The van der Waals surface area contributed by atoms with Crippen molar-refractivity contribution in [1.82, 2.24) is 4.98 Å². The molecule has 2 heteroatoms. The van der Waals surface area contributed by atoms with Crippen LogP contribution in [0.3, 0.4) is 0 Å². The van der Waals surface area contributed by atoms with Crippen LogP contribution in [0.1, 0.15) is 18.1 Å². The quantitative estimate of drug-likeness (QED) is 0.541. The van der Waals surface area contributed by atoms with Crippen molar-refractivity contribution >= 4 is 0 Å². The van der Waals surface area contributed by atoms with Gasteiger partial charge in [0.05, 0.1) is 0 Å². The highest BCUT2D eigenvalue weighted by molar-refractivity contribution is 5.28. The zero-order chi connectivity index (χ0) is 7.56. The summed E-state index contributed by atoms with van der Waals surface area (Å²) in [6.07, 6.45) is 3.39. The van der Waals surface area contributed by atoms with Crippen molar-refractivity contribution in [2.24, 2.45) is 0 Å². The van der Waals surface area contributed by atoms with E-state index in [2.05, 4.69) is 4.98 Å². The summed E-state index contributed by atoms with van der Waals surface area (Å²) in [7, 11) is 0. The summed E-state index contributed by atoms with van der Waals surface area (Å²) < 4.78 is 12.4. The molecule has 1 heterocycles. The van der Waals surface area contributed by atoms with Crippen molar-refractivity contribution in [3.63, 3.8) is 0 Å². The van der Waals surface area contributed by atoms with Crippen LogP contribution in [0.2, 0.25) is 0 Å². The van der Waals surface area contributed by atoms with Crippen molar-refractivity contribution in [3.05, 3.63) is 35.8 Å². The fraction of sp³-hybridized carbons (Fsp3) is 0.250. The van der Waals surface area contributed by atoms with Crippen molar-refractivity contribution < 1.29 is 4.39 Å². The molecule has 0 fully saturated rings. The Morgan fingerprint density at radius 1 is 1.60 bits per heavy atom. The molecule has 0 saturated heterocycles. The van der Waals surface area contributed by atoms with E-state index in [0.717, 1.165) is 11.1 Å². The lowest BCUT2D eigenvalue weighted by atomic mass is 10.1. The number of pyridine rings is 1. The number of rotatable bonds is 1. The smallest absolute Gasteiger partial charge is 0.213 e. The Morgan fingerprint density at radius 2 is 2.30 bits per heavy atom. The van der Waals surface area contributed by atoms with Gasteiger partial charge in [-0.2, -0.15) is 4.39 Å². The first-order valence-electron chi connectivity index (χ1n) is 3.15. The molecule has 0 aliphatic heterocycles. The molecule has 10 heavy (non-hydrogen) atoms. The number of aromatic nitrogens is 1. The predicted molar refractivity (Wildman–Crippen MR) is 38.0 cm³/mol. The molecule has 1 aromatic heterocycles. The van der Waals surface area contributed by atoms with Gasteiger partial charge in [0.1, 0.15) is 0 Å². The van der Waals surface area contributed by atoms with Crippen molar-refractivity contribution in [3.8, 4) is 0 Å². The van der Waals surface area contributed by atoms with Crippen molar-refractivity contribution in [2.45, 2.75) is 13.8 Å². The van der Waals surface area contributed by atoms with Crippen LogP contribution >= 0.6 is 0 Å². The Morgan fingerprint density at radius 3 is 2.80 bits per heavy atom. The van der Waals surface area contributed by atoms with Crippen LogP contribution in [-0.2, 0) is 0 Å². The van der Waals surface area contributed by atoms with Crippen LogP contribution in [0.25, 0.3) is 0 Å². The summed E-state index contributed by atoms with van der Waals surface area (Å²) in [5.74, 6) is -0.418. The van der Waals surface area contributed by atoms with Gasteiger partial charge in [0.2, 0.25) is 5.95 Å². The second-order valence-corrected chi connectivity index (χ2v) is 2.15. The standard InChI is InChI=1S/C8H9FN/c1-3-7-4-8(9)10-5-6(7)2/h3-5H,1-2H3. The van der Waals surface area contributed by atoms with Crippen LogP contribution in [0.15, 0.2) is 12.3 Å². The summed E-state index contributed by atoms with van der Waals surface area (Å²) >= 11 is 0. The predicted octanol–water partition coefficient (Wildman–Crippen LogP) is 2.10. The zero-order valence-electron chi connectivity index (χ0n) is 6.06. The Kier molecular flexibility index (Phi) is 2.00. The molecule has 0 N–H and O–H groups in total. The van der Waals surface area contributed by atoms with Crippen molar-refractivity contribution in [2.75, 3.05) is 0 Å². The van der Waals surface area contributed by atoms with Gasteiger partial charge in [0.25, 0.3) is 0 Å². The summed E-state index contributed by atoms with van der Waals surface area (Å²) in [4.78, 5) is 3.50. The molecule has 0 atom stereocenters. The molecular formula is C8H9FN. The van der Waals surface area contributed by atoms with E-state index in [4.69, 9.17) is 0 Å². The first kappa shape index (κ1) is 7.19. The van der Waals surface area contributed by atoms with Gasteiger partial charge < -0.3 is 0 Å². The highest BCUT2D eigenvalue weighted by atomic mass is 19.1. The van der Waals surface area contributed by atoms with Gasteiger partial charge in [-0.3, -0.25) is 0 Å². The van der Waals surface area contributed by atoms with E-state index in [1.54, 1.807) is 0 Å². The number of halogens is 1. The second-order valence-electron chi connectivity index (χ2n) is 2.15. The van der Waals surface area contributed by atoms with E-state index < -0.39 is 5.95 Å². The zero-order valence-corrected chi connectivity index (χ0v) is 6.06.